The van der Waals surface area contributed by atoms with Crippen molar-refractivity contribution < 1.29 is 18.1 Å². The standard InChI is InChI=1S/C30H26N3O.C28H32N3.C24H24N3/c1-19-14-15-25-24-12-8-9-13-26(24)34-29(25)27(19)30-32(4)31-18-33(30)28-20(2)16-23(17-21(28)3)22-10-6-5-7-11-22;1-19(2)25-16-23(22-13-8-7-9-14-22)17-26(20(3)4)27(25)31-18-29-30(6)28(31)24-15-11-10-12-21(24)5;1-17-10-8-9-13-22(17)24-26(4)25-16-27(24)23-18(2)14-21(15-19(23)3)20-11-6-5-7-12-20/h5-18H,1-4H3;7-20H,1-6H3;5-16H,1-4H3/q3*+1. The number of nitrogens with zero attached hydrogens (tertiary/aromatic N) is 9. The summed E-state index contributed by atoms with van der Waals surface area (Å²) >= 11 is 0. The largest absolute Gasteiger partial charge is 0.455 e. The molecule has 0 spiro atoms. The molecule has 0 saturated heterocycles. The Morgan fingerprint density at radius 1 is 0.326 bits per heavy atom. The molecule has 0 atom stereocenters. The zero-order valence-electron chi connectivity index (χ0n) is 55.5. The predicted molar refractivity (Wildman–Crippen MR) is 375 cm³/mol. The molecule has 92 heavy (non-hydrogen) atoms. The molecule has 0 amide bonds. The molecule has 10 nitrogen and oxygen atoms in total. The van der Waals surface area contributed by atoms with E-state index in [0.717, 1.165) is 56.2 Å². The van der Waals surface area contributed by atoms with Crippen LogP contribution < -0.4 is 13.7 Å². The van der Waals surface area contributed by atoms with Crippen LogP contribution in [0.1, 0.15) is 89.6 Å². The molecule has 10 heteroatoms. The maximum atomic E-state index is 6.42. The number of hydrogen-bond donors (Lipinski definition) is 0. The van der Waals surface area contributed by atoms with E-state index in [-0.39, 0.29) is 0 Å². The van der Waals surface area contributed by atoms with E-state index in [1.54, 1.807) is 0 Å². The maximum Gasteiger partial charge on any atom is 0.276 e. The molecule has 4 heterocycles. The molecule has 458 valence electrons. The fraction of sp³-hybridized carbons (Fsp3) is 0.195. The summed E-state index contributed by atoms with van der Waals surface area (Å²) in [5.41, 5.74) is 27.6. The van der Waals surface area contributed by atoms with E-state index in [1.165, 1.54) is 100 Å². The molecule has 0 aliphatic heterocycles. The minimum Gasteiger partial charge on any atom is -0.455 e. The second-order valence-electron chi connectivity index (χ2n) is 25.0. The lowest BCUT2D eigenvalue weighted by atomic mass is 9.88. The topological polar surface area (TPSA) is 78.2 Å². The van der Waals surface area contributed by atoms with Crippen LogP contribution in [-0.4, -0.2) is 29.3 Å². The van der Waals surface area contributed by atoms with Gasteiger partial charge in [-0.25, -0.2) is 0 Å². The Kier molecular flexibility index (Phi) is 17.5. The number of aromatic nitrogens is 9. The fourth-order valence-electron chi connectivity index (χ4n) is 13.3. The third-order valence-corrected chi connectivity index (χ3v) is 17.8. The highest BCUT2D eigenvalue weighted by Gasteiger charge is 2.31. The molecule has 0 radical (unpaired) electrons. The fourth-order valence-corrected chi connectivity index (χ4v) is 13.3. The van der Waals surface area contributed by atoms with Gasteiger partial charge in [0.2, 0.25) is 0 Å². The third kappa shape index (κ3) is 11.9. The van der Waals surface area contributed by atoms with Gasteiger partial charge in [0.25, 0.3) is 36.5 Å². The Morgan fingerprint density at radius 3 is 1.11 bits per heavy atom. The molecule has 0 saturated carbocycles. The highest BCUT2D eigenvalue weighted by atomic mass is 16.3. The molecule has 0 aliphatic rings. The van der Waals surface area contributed by atoms with Gasteiger partial charge in [-0.2, -0.15) is 13.7 Å². The summed E-state index contributed by atoms with van der Waals surface area (Å²) in [6.07, 6.45) is 5.80. The van der Waals surface area contributed by atoms with Crippen LogP contribution in [-0.2, 0) is 21.1 Å². The quantitative estimate of drug-likeness (QED) is 0.121. The first kappa shape index (κ1) is 61.6. The van der Waals surface area contributed by atoms with Crippen LogP contribution in [0, 0.1) is 48.5 Å². The minimum absolute atomic E-state index is 0.383. The monoisotopic (exact) mass is 1210 g/mol. The molecule has 14 rings (SSSR count). The van der Waals surface area contributed by atoms with Gasteiger partial charge in [-0.15, -0.1) is 14.0 Å². The zero-order chi connectivity index (χ0) is 64.5. The Hall–Kier alpha value is -10.6. The first-order valence-electron chi connectivity index (χ1n) is 31.9. The van der Waals surface area contributed by atoms with Crippen LogP contribution in [0.4, 0.5) is 0 Å². The second kappa shape index (κ2) is 26.1. The number of furan rings is 1. The number of rotatable bonds is 11. The van der Waals surface area contributed by atoms with Gasteiger partial charge in [0.15, 0.2) is 0 Å². The number of hydrogen-bond acceptors (Lipinski definition) is 4. The summed E-state index contributed by atoms with van der Waals surface area (Å²) in [6.45, 7) is 24.3. The summed E-state index contributed by atoms with van der Waals surface area (Å²) in [4.78, 5) is 0. The Bertz CT molecular complexity index is 4910. The van der Waals surface area contributed by atoms with E-state index in [9.17, 15) is 0 Å². The summed E-state index contributed by atoms with van der Waals surface area (Å²) in [5, 5.41) is 16.1. The molecule has 4 aromatic heterocycles. The molecular weight excluding hydrogens is 1130 g/mol. The zero-order valence-corrected chi connectivity index (χ0v) is 55.5. The highest BCUT2D eigenvalue weighted by molar-refractivity contribution is 6.09. The lowest BCUT2D eigenvalue weighted by Gasteiger charge is -2.21. The van der Waals surface area contributed by atoms with Crippen molar-refractivity contribution in [3.63, 3.8) is 0 Å². The molecule has 0 fully saturated rings. The summed E-state index contributed by atoms with van der Waals surface area (Å²) in [5.74, 6) is 3.96. The molecule has 0 N–H and O–H groups in total. The van der Waals surface area contributed by atoms with Crippen molar-refractivity contribution in [2.45, 2.75) is 88.0 Å². The summed E-state index contributed by atoms with van der Waals surface area (Å²) < 4.78 is 19.0. The van der Waals surface area contributed by atoms with Crippen LogP contribution >= 0.6 is 0 Å². The van der Waals surface area contributed by atoms with Gasteiger partial charge < -0.3 is 4.42 Å². The van der Waals surface area contributed by atoms with E-state index in [0.29, 0.717) is 11.8 Å². The number of aryl methyl sites for hydroxylation is 10. The first-order chi connectivity index (χ1) is 44.5. The molecule has 0 aliphatic carbocycles. The van der Waals surface area contributed by atoms with Gasteiger partial charge in [0.1, 0.15) is 28.2 Å². The van der Waals surface area contributed by atoms with E-state index in [2.05, 4.69) is 305 Å². The van der Waals surface area contributed by atoms with Gasteiger partial charge in [0, 0.05) is 26.1 Å². The van der Waals surface area contributed by atoms with Crippen molar-refractivity contribution in [1.29, 1.82) is 0 Å². The van der Waals surface area contributed by atoms with E-state index in [1.807, 2.05) is 66.3 Å². The Balaban J connectivity index is 0.000000134. The van der Waals surface area contributed by atoms with Crippen molar-refractivity contribution in [1.82, 2.24) is 29.3 Å². The summed E-state index contributed by atoms with van der Waals surface area (Å²) in [7, 11) is 6.03. The van der Waals surface area contributed by atoms with E-state index in [4.69, 9.17) is 4.42 Å². The van der Waals surface area contributed by atoms with Crippen LogP contribution in [0.3, 0.4) is 0 Å². The normalized spacial score (nSPS) is 11.3. The predicted octanol–water partition coefficient (Wildman–Crippen LogP) is 18.4. The first-order valence-corrected chi connectivity index (χ1v) is 31.9. The van der Waals surface area contributed by atoms with Gasteiger partial charge in [-0.05, 0) is 198 Å². The van der Waals surface area contributed by atoms with Crippen molar-refractivity contribution >= 4 is 21.9 Å². The molecule has 0 bridgehead atoms. The van der Waals surface area contributed by atoms with Crippen molar-refractivity contribution in [3.05, 3.63) is 281 Å². The van der Waals surface area contributed by atoms with Gasteiger partial charge in [-0.3, -0.25) is 0 Å². The SMILES string of the molecule is Cc1cc(-c2ccccc2)cc(C)c1-[n+]1cnn(C)c1-c1c(C)ccc2c1oc1ccccc12.Cc1ccccc1-c1n(C)nc[n+]1-c1c(C(C)C)cc(-c2ccccc2)cc1C(C)C.Cc1ccccc1-c1n(C)nc[n+]1-c1c(C)cc(-c2ccccc2)cc1C. The Morgan fingerprint density at radius 2 is 0.685 bits per heavy atom. The van der Waals surface area contributed by atoms with Gasteiger partial charge in [-0.1, -0.05) is 185 Å². The van der Waals surface area contributed by atoms with Crippen molar-refractivity contribution in [2.24, 2.45) is 21.1 Å². The maximum absolute atomic E-state index is 6.42. The molecule has 10 aromatic carbocycles. The van der Waals surface area contributed by atoms with Crippen molar-refractivity contribution in [2.75, 3.05) is 0 Å². The molecule has 14 aromatic rings. The smallest absolute Gasteiger partial charge is 0.276 e. The van der Waals surface area contributed by atoms with Crippen LogP contribution in [0.2, 0.25) is 0 Å². The Labute approximate surface area is 541 Å². The number of fused-ring (bicyclic) bond motifs is 3. The lowest BCUT2D eigenvalue weighted by molar-refractivity contribution is -0.586. The molecule has 0 unspecified atom stereocenters. The van der Waals surface area contributed by atoms with E-state index >= 15 is 0 Å². The average molecular weight is 1210 g/mol. The summed E-state index contributed by atoms with van der Waals surface area (Å²) in [6, 6.07) is 75.1. The lowest BCUT2D eigenvalue weighted by Crippen LogP contribution is -2.35. The highest BCUT2D eigenvalue weighted by Crippen LogP contribution is 2.39. The van der Waals surface area contributed by atoms with E-state index < -0.39 is 0 Å². The van der Waals surface area contributed by atoms with Gasteiger partial charge in [0.05, 0.1) is 37.8 Å². The van der Waals surface area contributed by atoms with Crippen molar-refractivity contribution in [3.8, 4) is 84.6 Å². The average Bonchev–Trinajstić information content (AvgIpc) is 1.54. The van der Waals surface area contributed by atoms with Crippen LogP contribution in [0.25, 0.3) is 107 Å². The van der Waals surface area contributed by atoms with Crippen LogP contribution in [0.5, 0.6) is 0 Å². The molecular formula is C82H82N9O+3. The third-order valence-electron chi connectivity index (χ3n) is 17.8. The van der Waals surface area contributed by atoms with Gasteiger partial charge >= 0.3 is 0 Å². The number of para-hydroxylation sites is 1. The van der Waals surface area contributed by atoms with Crippen LogP contribution in [0.15, 0.2) is 236 Å². The minimum atomic E-state index is 0.383. The number of benzene rings is 10. The second-order valence-corrected chi connectivity index (χ2v) is 25.0.